The average Bonchev–Trinajstić information content (AvgIpc) is 2.70. The van der Waals surface area contributed by atoms with Crippen LogP contribution >= 0.6 is 0 Å². The third-order valence-corrected chi connectivity index (χ3v) is 3.76. The second kappa shape index (κ2) is 4.03. The van der Waals surface area contributed by atoms with Crippen LogP contribution < -0.4 is 5.32 Å². The fraction of sp³-hybridized carbons (Fsp3) is 0.364. The molecule has 0 aromatic carbocycles. The first-order valence-electron chi connectivity index (χ1n) is 5.36. The van der Waals surface area contributed by atoms with E-state index in [4.69, 9.17) is 0 Å². The van der Waals surface area contributed by atoms with Crippen LogP contribution in [0.25, 0.3) is 11.0 Å². The Hall–Kier alpha value is -1.56. The van der Waals surface area contributed by atoms with Gasteiger partial charge in [0.2, 0.25) is 10.0 Å². The SMILES string of the molecule is CCc1cnc2c(ccn2S(C)(=O)=O)c1NC. The van der Waals surface area contributed by atoms with Crippen LogP contribution in [0.15, 0.2) is 18.5 Å². The second-order valence-electron chi connectivity index (χ2n) is 3.87. The lowest BCUT2D eigenvalue weighted by Crippen LogP contribution is -2.09. The molecule has 17 heavy (non-hydrogen) atoms. The minimum absolute atomic E-state index is 0.467. The average molecular weight is 253 g/mol. The smallest absolute Gasteiger partial charge is 0.237 e. The minimum Gasteiger partial charge on any atom is -0.387 e. The Morgan fingerprint density at radius 1 is 1.47 bits per heavy atom. The summed E-state index contributed by atoms with van der Waals surface area (Å²) in [5.41, 5.74) is 2.49. The van der Waals surface area contributed by atoms with Crippen molar-refractivity contribution in [3.63, 3.8) is 0 Å². The van der Waals surface area contributed by atoms with Gasteiger partial charge in [-0.1, -0.05) is 6.92 Å². The fourth-order valence-electron chi connectivity index (χ4n) is 1.94. The van der Waals surface area contributed by atoms with E-state index >= 15 is 0 Å². The standard InChI is InChI=1S/C11H15N3O2S/c1-4-8-7-13-11-9(10(8)12-2)5-6-14(11)17(3,15)16/h5-7H,4H2,1-3H3,(H,12,13). The minimum atomic E-state index is -3.30. The monoisotopic (exact) mass is 253 g/mol. The normalized spacial score (nSPS) is 11.9. The van der Waals surface area contributed by atoms with Gasteiger partial charge >= 0.3 is 0 Å². The van der Waals surface area contributed by atoms with Crippen molar-refractivity contribution in [1.29, 1.82) is 0 Å². The zero-order valence-corrected chi connectivity index (χ0v) is 10.9. The van der Waals surface area contributed by atoms with Gasteiger partial charge in [0, 0.05) is 30.5 Å². The van der Waals surface area contributed by atoms with Gasteiger partial charge in [0.15, 0.2) is 5.65 Å². The maximum Gasteiger partial charge on any atom is 0.237 e. The molecule has 0 unspecified atom stereocenters. The lowest BCUT2D eigenvalue weighted by molar-refractivity contribution is 0.595. The van der Waals surface area contributed by atoms with Crippen molar-refractivity contribution in [1.82, 2.24) is 8.96 Å². The Labute approximate surface area is 101 Å². The van der Waals surface area contributed by atoms with Crippen LogP contribution in [-0.2, 0) is 16.4 Å². The molecule has 2 aromatic heterocycles. The highest BCUT2D eigenvalue weighted by atomic mass is 32.2. The second-order valence-corrected chi connectivity index (χ2v) is 5.73. The largest absolute Gasteiger partial charge is 0.387 e. The maximum atomic E-state index is 11.6. The van der Waals surface area contributed by atoms with Gasteiger partial charge in [-0.25, -0.2) is 17.4 Å². The number of pyridine rings is 1. The summed E-state index contributed by atoms with van der Waals surface area (Å²) < 4.78 is 24.3. The molecule has 0 aliphatic rings. The van der Waals surface area contributed by atoms with E-state index in [1.54, 1.807) is 12.3 Å². The Bertz CT molecular complexity index is 659. The molecule has 0 saturated heterocycles. The van der Waals surface area contributed by atoms with Gasteiger partial charge in [-0.3, -0.25) is 0 Å². The lowest BCUT2D eigenvalue weighted by atomic mass is 10.1. The van der Waals surface area contributed by atoms with Crippen LogP contribution in [-0.4, -0.2) is 30.7 Å². The molecule has 1 N–H and O–H groups in total. The molecule has 92 valence electrons. The quantitative estimate of drug-likeness (QED) is 0.899. The Kier molecular flexibility index (Phi) is 2.82. The first-order chi connectivity index (χ1) is 7.99. The fourth-order valence-corrected chi connectivity index (χ4v) is 2.68. The molecule has 2 aromatic rings. The summed E-state index contributed by atoms with van der Waals surface area (Å²) in [6, 6.07) is 1.77. The summed E-state index contributed by atoms with van der Waals surface area (Å²) in [7, 11) is -1.48. The van der Waals surface area contributed by atoms with Crippen LogP contribution in [0.1, 0.15) is 12.5 Å². The third kappa shape index (κ3) is 1.88. The molecule has 0 fully saturated rings. The Morgan fingerprint density at radius 2 is 2.18 bits per heavy atom. The summed E-state index contributed by atoms with van der Waals surface area (Å²) in [5, 5.41) is 3.94. The lowest BCUT2D eigenvalue weighted by Gasteiger charge is -2.09. The highest BCUT2D eigenvalue weighted by Crippen LogP contribution is 2.27. The zero-order chi connectivity index (χ0) is 12.6. The molecule has 2 heterocycles. The highest BCUT2D eigenvalue weighted by molar-refractivity contribution is 7.89. The molecule has 6 heteroatoms. The van der Waals surface area contributed by atoms with Crippen molar-refractivity contribution in [2.45, 2.75) is 13.3 Å². The van der Waals surface area contributed by atoms with Crippen molar-refractivity contribution in [2.24, 2.45) is 0 Å². The molecule has 0 amide bonds. The molecule has 0 radical (unpaired) electrons. The van der Waals surface area contributed by atoms with E-state index in [1.165, 1.54) is 16.4 Å². The Balaban J connectivity index is 2.82. The summed E-state index contributed by atoms with van der Waals surface area (Å²) in [4.78, 5) is 4.23. The van der Waals surface area contributed by atoms with Crippen LogP contribution in [0.5, 0.6) is 0 Å². The van der Waals surface area contributed by atoms with Gasteiger partial charge in [0.05, 0.1) is 6.26 Å². The summed E-state index contributed by atoms with van der Waals surface area (Å²) in [5.74, 6) is 0. The topological polar surface area (TPSA) is 64.0 Å². The van der Waals surface area contributed by atoms with Gasteiger partial charge in [-0.2, -0.15) is 0 Å². The van der Waals surface area contributed by atoms with Gasteiger partial charge in [0.1, 0.15) is 0 Å². The van der Waals surface area contributed by atoms with E-state index in [9.17, 15) is 8.42 Å². The molecule has 0 aliphatic carbocycles. The van der Waals surface area contributed by atoms with Crippen molar-refractivity contribution >= 4 is 26.7 Å². The number of hydrogen-bond donors (Lipinski definition) is 1. The van der Waals surface area contributed by atoms with Gasteiger partial charge in [0.25, 0.3) is 0 Å². The number of nitrogens with one attached hydrogen (secondary N) is 1. The molecular weight excluding hydrogens is 238 g/mol. The van der Waals surface area contributed by atoms with Crippen LogP contribution in [0.2, 0.25) is 0 Å². The summed E-state index contributed by atoms with van der Waals surface area (Å²) in [6.45, 7) is 2.04. The van der Waals surface area contributed by atoms with E-state index in [2.05, 4.69) is 10.3 Å². The van der Waals surface area contributed by atoms with Gasteiger partial charge in [-0.15, -0.1) is 0 Å². The Morgan fingerprint density at radius 3 is 2.71 bits per heavy atom. The number of anilines is 1. The first kappa shape index (κ1) is 11.9. The number of rotatable bonds is 3. The van der Waals surface area contributed by atoms with E-state index in [-0.39, 0.29) is 0 Å². The number of hydrogen-bond acceptors (Lipinski definition) is 4. The molecule has 0 saturated carbocycles. The third-order valence-electron chi connectivity index (χ3n) is 2.75. The van der Waals surface area contributed by atoms with Crippen LogP contribution in [0.3, 0.4) is 0 Å². The maximum absolute atomic E-state index is 11.6. The van der Waals surface area contributed by atoms with Crippen molar-refractivity contribution in [3.05, 3.63) is 24.0 Å². The molecule has 0 bridgehead atoms. The summed E-state index contributed by atoms with van der Waals surface area (Å²) >= 11 is 0. The van der Waals surface area contributed by atoms with Crippen LogP contribution in [0.4, 0.5) is 5.69 Å². The molecule has 0 spiro atoms. The van der Waals surface area contributed by atoms with Crippen molar-refractivity contribution in [3.8, 4) is 0 Å². The van der Waals surface area contributed by atoms with Gasteiger partial charge < -0.3 is 5.32 Å². The number of nitrogens with zero attached hydrogens (tertiary/aromatic N) is 2. The predicted octanol–water partition coefficient (Wildman–Crippen LogP) is 1.45. The van der Waals surface area contributed by atoms with E-state index in [0.717, 1.165) is 23.1 Å². The van der Waals surface area contributed by atoms with Crippen LogP contribution in [0, 0.1) is 0 Å². The van der Waals surface area contributed by atoms with E-state index in [0.29, 0.717) is 5.65 Å². The molecule has 0 aliphatic heterocycles. The van der Waals surface area contributed by atoms with E-state index in [1.807, 2.05) is 14.0 Å². The highest BCUT2D eigenvalue weighted by Gasteiger charge is 2.14. The van der Waals surface area contributed by atoms with Gasteiger partial charge in [-0.05, 0) is 18.1 Å². The first-order valence-corrected chi connectivity index (χ1v) is 7.21. The molecule has 0 atom stereocenters. The van der Waals surface area contributed by atoms with Crippen molar-refractivity contribution < 1.29 is 8.42 Å². The van der Waals surface area contributed by atoms with E-state index < -0.39 is 10.0 Å². The van der Waals surface area contributed by atoms with Crippen molar-refractivity contribution in [2.75, 3.05) is 18.6 Å². The number of aromatic nitrogens is 2. The summed E-state index contributed by atoms with van der Waals surface area (Å²) in [6.07, 6.45) is 5.27. The molecular formula is C11H15N3O2S. The number of fused-ring (bicyclic) bond motifs is 1. The zero-order valence-electron chi connectivity index (χ0n) is 10.1. The predicted molar refractivity (Wildman–Crippen MR) is 68.9 cm³/mol. The molecule has 5 nitrogen and oxygen atoms in total. The number of aryl methyl sites for hydroxylation is 1. The molecule has 2 rings (SSSR count).